The minimum Gasteiger partial charge on any atom is -0.438 e. The van der Waals surface area contributed by atoms with Crippen LogP contribution in [0, 0.1) is 13.8 Å². The first-order chi connectivity index (χ1) is 17.4. The van der Waals surface area contributed by atoms with Crippen molar-refractivity contribution in [3.05, 3.63) is 74.5 Å². The minimum atomic E-state index is -0.298. The standard InChI is InChI=1S/C28H31N3O3S2/c1-4-5-6-7-8-11-16-31-27(33)23(36-28(31)35)18-21-25(34-22-15-10-9-13-19(22)2)29-24-20(3)14-12-17-30(24)26(21)32/h9-10,12-15,17-18H,4-8,11,16H2,1-3H3/b23-18+. The topological polar surface area (TPSA) is 63.9 Å². The van der Waals surface area contributed by atoms with Gasteiger partial charge in [0, 0.05) is 12.7 Å². The number of rotatable bonds is 10. The number of aryl methyl sites for hydroxylation is 2. The normalized spacial score (nSPS) is 14.9. The predicted octanol–water partition coefficient (Wildman–Crippen LogP) is 6.67. The van der Waals surface area contributed by atoms with E-state index >= 15 is 0 Å². The SMILES string of the molecule is CCCCCCCCN1C(=O)/C(=C\c2c(Oc3ccccc3C)nc3c(C)cccn3c2=O)SC1=S. The Bertz CT molecular complexity index is 1380. The third kappa shape index (κ3) is 5.71. The molecule has 6 nitrogen and oxygen atoms in total. The van der Waals surface area contributed by atoms with Gasteiger partial charge in [-0.05, 0) is 49.6 Å². The highest BCUT2D eigenvalue weighted by molar-refractivity contribution is 8.26. The Morgan fingerprint density at radius 1 is 1.00 bits per heavy atom. The first-order valence-electron chi connectivity index (χ1n) is 12.4. The van der Waals surface area contributed by atoms with Gasteiger partial charge in [-0.2, -0.15) is 4.98 Å². The highest BCUT2D eigenvalue weighted by atomic mass is 32.2. The summed E-state index contributed by atoms with van der Waals surface area (Å²) in [6, 6.07) is 11.3. The van der Waals surface area contributed by atoms with E-state index in [0.29, 0.717) is 27.2 Å². The first kappa shape index (κ1) is 26.1. The molecule has 0 bridgehead atoms. The molecule has 4 rings (SSSR count). The Hall–Kier alpha value is -2.97. The third-order valence-electron chi connectivity index (χ3n) is 6.23. The van der Waals surface area contributed by atoms with E-state index in [1.54, 1.807) is 23.2 Å². The summed E-state index contributed by atoms with van der Waals surface area (Å²) in [7, 11) is 0. The molecule has 1 fully saturated rings. The molecule has 0 radical (unpaired) electrons. The van der Waals surface area contributed by atoms with Crippen LogP contribution in [0.25, 0.3) is 11.7 Å². The molecular weight excluding hydrogens is 490 g/mol. The molecule has 1 amide bonds. The first-order valence-corrected chi connectivity index (χ1v) is 13.6. The van der Waals surface area contributed by atoms with Crippen molar-refractivity contribution in [3.8, 4) is 11.6 Å². The van der Waals surface area contributed by atoms with Gasteiger partial charge in [0.25, 0.3) is 11.5 Å². The smallest absolute Gasteiger partial charge is 0.269 e. The van der Waals surface area contributed by atoms with E-state index in [4.69, 9.17) is 21.9 Å². The van der Waals surface area contributed by atoms with Gasteiger partial charge in [0.15, 0.2) is 0 Å². The molecule has 1 aliphatic heterocycles. The number of nitrogens with zero attached hydrogens (tertiary/aromatic N) is 3. The van der Waals surface area contributed by atoms with Crippen molar-refractivity contribution in [2.45, 2.75) is 59.3 Å². The summed E-state index contributed by atoms with van der Waals surface area (Å²) in [5.41, 5.74) is 2.20. The maximum Gasteiger partial charge on any atom is 0.269 e. The van der Waals surface area contributed by atoms with Crippen LogP contribution in [0.3, 0.4) is 0 Å². The Morgan fingerprint density at radius 2 is 1.72 bits per heavy atom. The van der Waals surface area contributed by atoms with E-state index in [2.05, 4.69) is 6.92 Å². The lowest BCUT2D eigenvalue weighted by Gasteiger charge is -2.14. The molecule has 36 heavy (non-hydrogen) atoms. The van der Waals surface area contributed by atoms with E-state index in [9.17, 15) is 9.59 Å². The number of thiocarbonyl (C=S) groups is 1. The van der Waals surface area contributed by atoms with Gasteiger partial charge in [-0.15, -0.1) is 0 Å². The maximum absolute atomic E-state index is 13.6. The minimum absolute atomic E-state index is 0.171. The highest BCUT2D eigenvalue weighted by Gasteiger charge is 2.32. The van der Waals surface area contributed by atoms with Crippen molar-refractivity contribution in [1.29, 1.82) is 0 Å². The average molecular weight is 522 g/mol. The summed E-state index contributed by atoms with van der Waals surface area (Å²) >= 11 is 6.73. The lowest BCUT2D eigenvalue weighted by atomic mass is 10.1. The summed E-state index contributed by atoms with van der Waals surface area (Å²) in [5.74, 6) is 0.603. The van der Waals surface area contributed by atoms with Crippen LogP contribution in [0.15, 0.2) is 52.3 Å². The van der Waals surface area contributed by atoms with Crippen LogP contribution in [0.2, 0.25) is 0 Å². The molecular formula is C28H31N3O3S2. The molecule has 0 saturated carbocycles. The van der Waals surface area contributed by atoms with E-state index in [1.165, 1.54) is 35.4 Å². The van der Waals surface area contributed by atoms with E-state index in [-0.39, 0.29) is 22.9 Å². The summed E-state index contributed by atoms with van der Waals surface area (Å²) < 4.78 is 8.17. The number of carbonyl (C=O) groups excluding carboxylic acids is 1. The Balaban J connectivity index is 1.67. The van der Waals surface area contributed by atoms with Crippen molar-refractivity contribution >= 4 is 45.9 Å². The fraction of sp³-hybridized carbons (Fsp3) is 0.357. The predicted molar refractivity (Wildman–Crippen MR) is 151 cm³/mol. The lowest BCUT2D eigenvalue weighted by molar-refractivity contribution is -0.122. The zero-order chi connectivity index (χ0) is 25.7. The zero-order valence-electron chi connectivity index (χ0n) is 21.0. The molecule has 1 aromatic carbocycles. The number of para-hydroxylation sites is 1. The monoisotopic (exact) mass is 521 g/mol. The fourth-order valence-corrected chi connectivity index (χ4v) is 5.43. The van der Waals surface area contributed by atoms with Crippen molar-refractivity contribution in [2.75, 3.05) is 6.54 Å². The second-order valence-corrected chi connectivity index (χ2v) is 10.7. The van der Waals surface area contributed by atoms with E-state index < -0.39 is 0 Å². The molecule has 0 atom stereocenters. The number of hydrogen-bond donors (Lipinski definition) is 0. The third-order valence-corrected chi connectivity index (χ3v) is 7.61. The second-order valence-electron chi connectivity index (χ2n) is 8.99. The van der Waals surface area contributed by atoms with Crippen molar-refractivity contribution in [1.82, 2.24) is 14.3 Å². The fourth-order valence-electron chi connectivity index (χ4n) is 4.14. The Morgan fingerprint density at radius 3 is 2.50 bits per heavy atom. The Labute approximate surface area is 221 Å². The number of unbranched alkanes of at least 4 members (excludes halogenated alkanes) is 5. The van der Waals surface area contributed by atoms with Crippen LogP contribution in [0.4, 0.5) is 0 Å². The number of thioether (sulfide) groups is 1. The van der Waals surface area contributed by atoms with Gasteiger partial charge in [-0.3, -0.25) is 18.9 Å². The summed E-state index contributed by atoms with van der Waals surface area (Å²) in [5, 5.41) is 0. The van der Waals surface area contributed by atoms with Gasteiger partial charge in [0.2, 0.25) is 5.88 Å². The molecule has 0 unspecified atom stereocenters. The van der Waals surface area contributed by atoms with Crippen LogP contribution in [-0.2, 0) is 4.79 Å². The summed E-state index contributed by atoms with van der Waals surface area (Å²) in [6.07, 6.45) is 10.1. The van der Waals surface area contributed by atoms with Crippen LogP contribution < -0.4 is 10.3 Å². The number of aromatic nitrogens is 2. The van der Waals surface area contributed by atoms with E-state index in [1.807, 2.05) is 44.2 Å². The number of amides is 1. The molecule has 0 aliphatic carbocycles. The quantitative estimate of drug-likeness (QED) is 0.169. The molecule has 1 saturated heterocycles. The van der Waals surface area contributed by atoms with Gasteiger partial charge < -0.3 is 4.74 Å². The molecule has 3 heterocycles. The molecule has 0 N–H and O–H groups in total. The van der Waals surface area contributed by atoms with E-state index in [0.717, 1.165) is 30.4 Å². The largest absolute Gasteiger partial charge is 0.438 e. The molecule has 0 spiro atoms. The average Bonchev–Trinajstić information content (AvgIpc) is 3.13. The number of ether oxygens (including phenoxy) is 1. The zero-order valence-corrected chi connectivity index (χ0v) is 22.6. The highest BCUT2D eigenvalue weighted by Crippen LogP contribution is 2.34. The molecule has 8 heteroatoms. The Kier molecular flexibility index (Phi) is 8.59. The summed E-state index contributed by atoms with van der Waals surface area (Å²) in [4.78, 5) is 33.5. The van der Waals surface area contributed by atoms with Crippen LogP contribution >= 0.6 is 24.0 Å². The summed E-state index contributed by atoms with van der Waals surface area (Å²) in [6.45, 7) is 6.62. The molecule has 188 valence electrons. The van der Waals surface area contributed by atoms with Crippen molar-refractivity contribution in [2.24, 2.45) is 0 Å². The van der Waals surface area contributed by atoms with Gasteiger partial charge in [0.1, 0.15) is 21.3 Å². The number of hydrogen-bond acceptors (Lipinski definition) is 6. The molecule has 3 aromatic rings. The van der Waals surface area contributed by atoms with Crippen molar-refractivity contribution in [3.63, 3.8) is 0 Å². The van der Waals surface area contributed by atoms with Gasteiger partial charge in [0.05, 0.1) is 4.91 Å². The van der Waals surface area contributed by atoms with Gasteiger partial charge >= 0.3 is 0 Å². The van der Waals surface area contributed by atoms with Gasteiger partial charge in [-0.25, -0.2) is 0 Å². The van der Waals surface area contributed by atoms with Crippen LogP contribution in [0.5, 0.6) is 11.6 Å². The second kappa shape index (κ2) is 11.8. The van der Waals surface area contributed by atoms with Gasteiger partial charge in [-0.1, -0.05) is 87.3 Å². The number of benzene rings is 1. The lowest BCUT2D eigenvalue weighted by Crippen LogP contribution is -2.29. The van der Waals surface area contributed by atoms with Crippen molar-refractivity contribution < 1.29 is 9.53 Å². The van der Waals surface area contributed by atoms with Crippen LogP contribution in [0.1, 0.15) is 62.1 Å². The molecule has 2 aromatic heterocycles. The number of pyridine rings is 1. The number of carbonyl (C=O) groups is 1. The maximum atomic E-state index is 13.6. The number of fused-ring (bicyclic) bond motifs is 1. The molecule has 1 aliphatic rings. The van der Waals surface area contributed by atoms with Crippen LogP contribution in [-0.4, -0.2) is 31.1 Å².